The van der Waals surface area contributed by atoms with E-state index in [0.29, 0.717) is 18.7 Å². The lowest BCUT2D eigenvalue weighted by Gasteiger charge is -2.17. The van der Waals surface area contributed by atoms with Crippen LogP contribution < -0.4 is 10.5 Å². The van der Waals surface area contributed by atoms with E-state index in [1.165, 1.54) is 0 Å². The molecule has 1 aliphatic rings. The van der Waals surface area contributed by atoms with Gasteiger partial charge in [0.25, 0.3) is 5.91 Å². The number of nitrogens with zero attached hydrogens (tertiary/aromatic N) is 1. The molecule has 1 amide bonds. The van der Waals surface area contributed by atoms with Gasteiger partial charge in [-0.25, -0.2) is 13.1 Å². The molecule has 27 heavy (non-hydrogen) atoms. The molecule has 1 fully saturated rings. The van der Waals surface area contributed by atoms with Gasteiger partial charge in [0, 0.05) is 37.2 Å². The first kappa shape index (κ1) is 19.5. The van der Waals surface area contributed by atoms with Gasteiger partial charge in [0.05, 0.1) is 5.75 Å². The van der Waals surface area contributed by atoms with Gasteiger partial charge in [-0.15, -0.1) is 0 Å². The highest BCUT2D eigenvalue weighted by molar-refractivity contribution is 7.89. The number of amides is 1. The number of carbonyl (C=O) groups excluding carboxylic acids is 1. The summed E-state index contributed by atoms with van der Waals surface area (Å²) in [6.45, 7) is 2.93. The molecule has 2 aromatic rings. The van der Waals surface area contributed by atoms with Gasteiger partial charge < -0.3 is 10.6 Å². The second-order valence-corrected chi connectivity index (χ2v) is 8.91. The van der Waals surface area contributed by atoms with Crippen LogP contribution in [-0.2, 0) is 16.6 Å². The monoisotopic (exact) mass is 387 g/mol. The van der Waals surface area contributed by atoms with Crippen molar-refractivity contribution in [1.82, 2.24) is 9.62 Å². The smallest absolute Gasteiger partial charge is 0.253 e. The average molecular weight is 388 g/mol. The van der Waals surface area contributed by atoms with E-state index in [2.05, 4.69) is 4.72 Å². The van der Waals surface area contributed by atoms with Gasteiger partial charge in [-0.1, -0.05) is 42.5 Å². The second-order valence-electron chi connectivity index (χ2n) is 6.81. The van der Waals surface area contributed by atoms with E-state index in [-0.39, 0.29) is 30.2 Å². The summed E-state index contributed by atoms with van der Waals surface area (Å²) >= 11 is 0. The summed E-state index contributed by atoms with van der Waals surface area (Å²) in [6.07, 6.45) is 0. The van der Waals surface area contributed by atoms with Crippen molar-refractivity contribution < 1.29 is 13.2 Å². The quantitative estimate of drug-likeness (QED) is 0.789. The predicted molar refractivity (Wildman–Crippen MR) is 106 cm³/mol. The number of carbonyl (C=O) groups is 1. The van der Waals surface area contributed by atoms with Gasteiger partial charge in [-0.2, -0.15) is 0 Å². The Morgan fingerprint density at radius 2 is 1.78 bits per heavy atom. The van der Waals surface area contributed by atoms with Crippen LogP contribution in [0.15, 0.2) is 54.6 Å². The molecule has 144 valence electrons. The van der Waals surface area contributed by atoms with Crippen LogP contribution in [0, 0.1) is 0 Å². The van der Waals surface area contributed by atoms with Crippen LogP contribution in [0.5, 0.6) is 0 Å². The Morgan fingerprint density at radius 1 is 1.11 bits per heavy atom. The summed E-state index contributed by atoms with van der Waals surface area (Å²) in [5.74, 6) is 0.129. The second kappa shape index (κ2) is 8.21. The first-order chi connectivity index (χ1) is 12.9. The Kier molecular flexibility index (Phi) is 5.94. The third-order valence-corrected chi connectivity index (χ3v) is 6.30. The maximum Gasteiger partial charge on any atom is 0.253 e. The lowest BCUT2D eigenvalue weighted by molar-refractivity contribution is 0.0789. The molecule has 0 aromatic heterocycles. The summed E-state index contributed by atoms with van der Waals surface area (Å²) < 4.78 is 25.6. The van der Waals surface area contributed by atoms with E-state index in [9.17, 15) is 13.2 Å². The zero-order valence-electron chi connectivity index (χ0n) is 15.3. The van der Waals surface area contributed by atoms with Gasteiger partial charge in [0.1, 0.15) is 0 Å². The fourth-order valence-electron chi connectivity index (χ4n) is 3.29. The third kappa shape index (κ3) is 4.74. The van der Waals surface area contributed by atoms with Crippen molar-refractivity contribution in [3.8, 4) is 0 Å². The van der Waals surface area contributed by atoms with E-state index in [4.69, 9.17) is 5.73 Å². The summed E-state index contributed by atoms with van der Waals surface area (Å²) in [5, 5.41) is 0. The van der Waals surface area contributed by atoms with Crippen LogP contribution in [0.2, 0.25) is 0 Å². The average Bonchev–Trinajstić information content (AvgIpc) is 3.09. The van der Waals surface area contributed by atoms with E-state index < -0.39 is 10.0 Å². The summed E-state index contributed by atoms with van der Waals surface area (Å²) in [6, 6.07) is 17.0. The molecule has 1 saturated heterocycles. The summed E-state index contributed by atoms with van der Waals surface area (Å²) in [5.41, 5.74) is 8.82. The highest BCUT2D eigenvalue weighted by atomic mass is 32.2. The van der Waals surface area contributed by atoms with Gasteiger partial charge in [-0.05, 0) is 30.2 Å². The van der Waals surface area contributed by atoms with Crippen molar-refractivity contribution in [2.45, 2.75) is 25.4 Å². The molecular formula is C20H25N3O3S. The Hall–Kier alpha value is -2.22. The Morgan fingerprint density at radius 3 is 2.41 bits per heavy atom. The van der Waals surface area contributed by atoms with Crippen molar-refractivity contribution >= 4 is 15.9 Å². The molecule has 3 N–H and O–H groups in total. The molecule has 0 aliphatic carbocycles. The van der Waals surface area contributed by atoms with Gasteiger partial charge >= 0.3 is 0 Å². The van der Waals surface area contributed by atoms with E-state index >= 15 is 0 Å². The van der Waals surface area contributed by atoms with Crippen LogP contribution >= 0.6 is 0 Å². The number of rotatable bonds is 6. The highest BCUT2D eigenvalue weighted by Crippen LogP contribution is 2.27. The number of benzene rings is 2. The number of hydrogen-bond donors (Lipinski definition) is 2. The number of likely N-dealkylation sites (tertiary alicyclic amines) is 1. The molecule has 0 saturated carbocycles. The fraction of sp³-hybridized carbons (Fsp3) is 0.350. The van der Waals surface area contributed by atoms with Crippen molar-refractivity contribution in [3.63, 3.8) is 0 Å². The van der Waals surface area contributed by atoms with Crippen LogP contribution in [0.1, 0.15) is 34.3 Å². The van der Waals surface area contributed by atoms with Crippen LogP contribution in [0.25, 0.3) is 0 Å². The number of sulfonamides is 1. The molecule has 3 rings (SSSR count). The molecule has 7 heteroatoms. The predicted octanol–water partition coefficient (Wildman–Crippen LogP) is 1.69. The van der Waals surface area contributed by atoms with Crippen molar-refractivity contribution in [2.24, 2.45) is 5.73 Å². The Bertz CT molecular complexity index is 882. The van der Waals surface area contributed by atoms with E-state index in [1.54, 1.807) is 36.1 Å². The summed E-state index contributed by atoms with van der Waals surface area (Å²) in [4.78, 5) is 14.6. The number of hydrogen-bond acceptors (Lipinski definition) is 4. The van der Waals surface area contributed by atoms with E-state index in [1.807, 2.05) is 30.3 Å². The molecule has 2 atom stereocenters. The van der Waals surface area contributed by atoms with Crippen molar-refractivity contribution in [1.29, 1.82) is 0 Å². The van der Waals surface area contributed by atoms with Crippen LogP contribution in [0.4, 0.5) is 0 Å². The minimum atomic E-state index is -3.23. The van der Waals surface area contributed by atoms with Crippen LogP contribution in [-0.4, -0.2) is 44.1 Å². The normalized spacial score (nSPS) is 20.0. The molecule has 2 aromatic carbocycles. The number of nitrogens with one attached hydrogen (secondary N) is 1. The van der Waals surface area contributed by atoms with Gasteiger partial charge in [0.2, 0.25) is 10.0 Å². The first-order valence-corrected chi connectivity index (χ1v) is 10.7. The molecule has 0 bridgehead atoms. The van der Waals surface area contributed by atoms with Gasteiger partial charge in [-0.3, -0.25) is 4.79 Å². The SMILES string of the molecule is CCS(=O)(=O)NCc1ccc(C(=O)N2C[C@@H](N)[C@H](c3ccccc3)C2)cc1. The van der Waals surface area contributed by atoms with Gasteiger partial charge in [0.15, 0.2) is 0 Å². The summed E-state index contributed by atoms with van der Waals surface area (Å²) in [7, 11) is -3.23. The first-order valence-electron chi connectivity index (χ1n) is 9.05. The number of nitrogens with two attached hydrogens (primary N) is 1. The fourth-order valence-corrected chi connectivity index (χ4v) is 3.88. The molecule has 1 heterocycles. The largest absolute Gasteiger partial charge is 0.336 e. The Labute approximate surface area is 160 Å². The molecule has 0 spiro atoms. The zero-order valence-corrected chi connectivity index (χ0v) is 16.2. The molecule has 0 unspecified atom stereocenters. The lowest BCUT2D eigenvalue weighted by Crippen LogP contribution is -2.32. The minimum absolute atomic E-state index is 0.0430. The van der Waals surface area contributed by atoms with E-state index in [0.717, 1.165) is 11.1 Å². The molecule has 0 radical (unpaired) electrons. The molecule has 6 nitrogen and oxygen atoms in total. The standard InChI is InChI=1S/C20H25N3O3S/c1-2-27(25,26)22-12-15-8-10-17(11-9-15)20(24)23-13-18(19(21)14-23)16-6-4-3-5-7-16/h3-11,18-19,22H,2,12-14,21H2,1H3/t18-,19+/m0/s1. The van der Waals surface area contributed by atoms with Crippen molar-refractivity contribution in [3.05, 3.63) is 71.3 Å². The topological polar surface area (TPSA) is 92.5 Å². The Balaban J connectivity index is 1.64. The maximum absolute atomic E-state index is 12.8. The van der Waals surface area contributed by atoms with Crippen LogP contribution in [0.3, 0.4) is 0 Å². The third-order valence-electron chi connectivity index (χ3n) is 4.96. The zero-order chi connectivity index (χ0) is 19.4. The maximum atomic E-state index is 12.8. The molecule has 1 aliphatic heterocycles. The lowest BCUT2D eigenvalue weighted by atomic mass is 9.95. The molecular weight excluding hydrogens is 362 g/mol. The minimum Gasteiger partial charge on any atom is -0.336 e. The highest BCUT2D eigenvalue weighted by Gasteiger charge is 2.34. The van der Waals surface area contributed by atoms with Crippen molar-refractivity contribution in [2.75, 3.05) is 18.8 Å².